The molecule has 1 saturated heterocycles. The molecule has 18 heavy (non-hydrogen) atoms. The molecule has 0 N–H and O–H groups in total. The standard InChI is InChI=1S/C14H24N4/c1-2-5-13(4-1)8-17-7-3-6-14(9-17)10-18-12-15-11-16-18/h11-14H,1-10H2. The summed E-state index contributed by atoms with van der Waals surface area (Å²) in [5.41, 5.74) is 0. The Hall–Kier alpha value is -0.900. The lowest BCUT2D eigenvalue weighted by molar-refractivity contribution is 0.140. The van der Waals surface area contributed by atoms with E-state index in [1.807, 2.05) is 11.0 Å². The van der Waals surface area contributed by atoms with Gasteiger partial charge in [0.15, 0.2) is 0 Å². The Kier molecular flexibility index (Phi) is 3.93. The highest BCUT2D eigenvalue weighted by Gasteiger charge is 2.24. The summed E-state index contributed by atoms with van der Waals surface area (Å²) in [7, 11) is 0. The quantitative estimate of drug-likeness (QED) is 0.819. The largest absolute Gasteiger partial charge is 0.303 e. The van der Waals surface area contributed by atoms with E-state index >= 15 is 0 Å². The van der Waals surface area contributed by atoms with Crippen LogP contribution in [0.4, 0.5) is 0 Å². The number of aromatic nitrogens is 3. The fourth-order valence-electron chi connectivity index (χ4n) is 3.62. The zero-order valence-electron chi connectivity index (χ0n) is 11.2. The molecule has 0 amide bonds. The van der Waals surface area contributed by atoms with Crippen molar-refractivity contribution in [1.29, 1.82) is 0 Å². The minimum atomic E-state index is 0.766. The van der Waals surface area contributed by atoms with Gasteiger partial charge in [-0.25, -0.2) is 4.98 Å². The molecule has 100 valence electrons. The summed E-state index contributed by atoms with van der Waals surface area (Å²) >= 11 is 0. The van der Waals surface area contributed by atoms with E-state index in [4.69, 9.17) is 0 Å². The second-order valence-corrected chi connectivity index (χ2v) is 6.04. The summed E-state index contributed by atoms with van der Waals surface area (Å²) in [6, 6.07) is 0. The van der Waals surface area contributed by atoms with Crippen LogP contribution in [0.1, 0.15) is 38.5 Å². The van der Waals surface area contributed by atoms with Crippen LogP contribution in [0.5, 0.6) is 0 Å². The number of hydrogen-bond donors (Lipinski definition) is 0. The fourth-order valence-corrected chi connectivity index (χ4v) is 3.62. The van der Waals surface area contributed by atoms with Gasteiger partial charge in [-0.2, -0.15) is 5.10 Å². The number of nitrogens with zero attached hydrogens (tertiary/aromatic N) is 4. The van der Waals surface area contributed by atoms with Crippen LogP contribution in [-0.4, -0.2) is 39.3 Å². The van der Waals surface area contributed by atoms with Crippen molar-refractivity contribution in [1.82, 2.24) is 19.7 Å². The van der Waals surface area contributed by atoms with Crippen LogP contribution in [0.25, 0.3) is 0 Å². The molecule has 0 spiro atoms. The molecular formula is C14H24N4. The molecule has 0 bridgehead atoms. The average molecular weight is 248 g/mol. The maximum absolute atomic E-state index is 4.23. The number of hydrogen-bond acceptors (Lipinski definition) is 3. The van der Waals surface area contributed by atoms with Gasteiger partial charge in [0.2, 0.25) is 0 Å². The van der Waals surface area contributed by atoms with Gasteiger partial charge in [-0.1, -0.05) is 12.8 Å². The topological polar surface area (TPSA) is 34.0 Å². The predicted octanol–water partition coefficient (Wildman–Crippen LogP) is 2.18. The number of piperidine rings is 1. The zero-order chi connectivity index (χ0) is 12.2. The Bertz CT molecular complexity index is 343. The van der Waals surface area contributed by atoms with Crippen LogP contribution < -0.4 is 0 Å². The Morgan fingerprint density at radius 1 is 1.00 bits per heavy atom. The first-order valence-electron chi connectivity index (χ1n) is 7.45. The average Bonchev–Trinajstić information content (AvgIpc) is 3.03. The van der Waals surface area contributed by atoms with E-state index in [1.165, 1.54) is 58.2 Å². The number of rotatable bonds is 4. The van der Waals surface area contributed by atoms with Crippen molar-refractivity contribution < 1.29 is 0 Å². The molecule has 0 aromatic carbocycles. The summed E-state index contributed by atoms with van der Waals surface area (Å²) in [6.07, 6.45) is 12.0. The van der Waals surface area contributed by atoms with Gasteiger partial charge >= 0.3 is 0 Å². The van der Waals surface area contributed by atoms with Crippen molar-refractivity contribution in [3.05, 3.63) is 12.7 Å². The Balaban J connectivity index is 1.48. The summed E-state index contributed by atoms with van der Waals surface area (Å²) in [6.45, 7) is 4.95. The van der Waals surface area contributed by atoms with Crippen LogP contribution in [0.15, 0.2) is 12.7 Å². The molecule has 1 aromatic rings. The third kappa shape index (κ3) is 3.10. The van der Waals surface area contributed by atoms with Gasteiger partial charge in [0.1, 0.15) is 12.7 Å². The Morgan fingerprint density at radius 3 is 2.61 bits per heavy atom. The normalized spacial score (nSPS) is 26.8. The molecule has 1 unspecified atom stereocenters. The lowest BCUT2D eigenvalue weighted by Crippen LogP contribution is -2.39. The van der Waals surface area contributed by atoms with E-state index in [2.05, 4.69) is 15.0 Å². The molecule has 1 aromatic heterocycles. The van der Waals surface area contributed by atoms with E-state index in [9.17, 15) is 0 Å². The SMILES string of the molecule is c1ncn(CC2CCCN(CC3CCCC3)C2)n1. The third-order valence-corrected chi connectivity index (χ3v) is 4.51. The Morgan fingerprint density at radius 2 is 1.83 bits per heavy atom. The van der Waals surface area contributed by atoms with Crippen molar-refractivity contribution in [2.75, 3.05) is 19.6 Å². The van der Waals surface area contributed by atoms with Gasteiger partial charge in [-0.3, -0.25) is 4.68 Å². The highest BCUT2D eigenvalue weighted by Crippen LogP contribution is 2.27. The first-order chi connectivity index (χ1) is 8.90. The van der Waals surface area contributed by atoms with Crippen molar-refractivity contribution >= 4 is 0 Å². The fraction of sp³-hybridized carbons (Fsp3) is 0.857. The smallest absolute Gasteiger partial charge is 0.137 e. The third-order valence-electron chi connectivity index (χ3n) is 4.51. The van der Waals surface area contributed by atoms with E-state index < -0.39 is 0 Å². The monoisotopic (exact) mass is 248 g/mol. The van der Waals surface area contributed by atoms with Crippen LogP contribution in [0.3, 0.4) is 0 Å². The predicted molar refractivity (Wildman–Crippen MR) is 71.1 cm³/mol. The molecule has 2 aliphatic rings. The van der Waals surface area contributed by atoms with E-state index in [0.717, 1.165) is 18.4 Å². The van der Waals surface area contributed by atoms with Gasteiger partial charge in [0, 0.05) is 19.6 Å². The van der Waals surface area contributed by atoms with E-state index in [0.29, 0.717) is 0 Å². The first kappa shape index (κ1) is 12.2. The van der Waals surface area contributed by atoms with Crippen molar-refractivity contribution in [2.24, 2.45) is 11.8 Å². The zero-order valence-corrected chi connectivity index (χ0v) is 11.2. The minimum Gasteiger partial charge on any atom is -0.303 e. The van der Waals surface area contributed by atoms with Gasteiger partial charge in [0.05, 0.1) is 0 Å². The van der Waals surface area contributed by atoms with E-state index in [1.54, 1.807) is 6.33 Å². The number of likely N-dealkylation sites (tertiary alicyclic amines) is 1. The summed E-state index contributed by atoms with van der Waals surface area (Å²) in [5.74, 6) is 1.75. The van der Waals surface area contributed by atoms with Gasteiger partial charge in [-0.15, -0.1) is 0 Å². The van der Waals surface area contributed by atoms with Crippen LogP contribution in [0, 0.1) is 11.8 Å². The van der Waals surface area contributed by atoms with Crippen molar-refractivity contribution in [3.63, 3.8) is 0 Å². The second kappa shape index (κ2) is 5.83. The molecule has 1 saturated carbocycles. The second-order valence-electron chi connectivity index (χ2n) is 6.04. The summed E-state index contributed by atoms with van der Waals surface area (Å²) < 4.78 is 1.99. The van der Waals surface area contributed by atoms with Crippen LogP contribution in [-0.2, 0) is 6.54 Å². The maximum atomic E-state index is 4.23. The van der Waals surface area contributed by atoms with Crippen LogP contribution >= 0.6 is 0 Å². The summed E-state index contributed by atoms with van der Waals surface area (Å²) in [5, 5.41) is 4.23. The molecule has 1 atom stereocenters. The molecule has 1 aliphatic carbocycles. The molecule has 2 fully saturated rings. The molecule has 4 nitrogen and oxygen atoms in total. The highest BCUT2D eigenvalue weighted by atomic mass is 15.3. The summed E-state index contributed by atoms with van der Waals surface area (Å²) in [4.78, 5) is 6.72. The maximum Gasteiger partial charge on any atom is 0.137 e. The highest BCUT2D eigenvalue weighted by molar-refractivity contribution is 4.78. The molecule has 2 heterocycles. The van der Waals surface area contributed by atoms with Gasteiger partial charge in [-0.05, 0) is 44.1 Å². The molecule has 0 radical (unpaired) electrons. The first-order valence-corrected chi connectivity index (χ1v) is 7.45. The Labute approximate surface area is 109 Å². The molecule has 3 rings (SSSR count). The minimum absolute atomic E-state index is 0.766. The van der Waals surface area contributed by atoms with Gasteiger partial charge in [0.25, 0.3) is 0 Å². The lowest BCUT2D eigenvalue weighted by Gasteiger charge is -2.34. The van der Waals surface area contributed by atoms with Crippen molar-refractivity contribution in [2.45, 2.75) is 45.1 Å². The van der Waals surface area contributed by atoms with Crippen LogP contribution in [0.2, 0.25) is 0 Å². The lowest BCUT2D eigenvalue weighted by atomic mass is 9.96. The van der Waals surface area contributed by atoms with Crippen molar-refractivity contribution in [3.8, 4) is 0 Å². The molecular weight excluding hydrogens is 224 g/mol. The van der Waals surface area contributed by atoms with Gasteiger partial charge < -0.3 is 4.90 Å². The van der Waals surface area contributed by atoms with E-state index in [-0.39, 0.29) is 0 Å². The molecule has 1 aliphatic heterocycles. The molecule has 4 heteroatoms.